The minimum absolute atomic E-state index is 0.123. The number of nitrogens with zero attached hydrogens (tertiary/aromatic N) is 2. The molecule has 0 fully saturated rings. The minimum Gasteiger partial charge on any atom is -0.332 e. The first-order chi connectivity index (χ1) is 10.7. The average molecular weight is 297 g/mol. The third kappa shape index (κ3) is 4.97. The van der Waals surface area contributed by atoms with Gasteiger partial charge in [-0.3, -0.25) is 9.78 Å². The van der Waals surface area contributed by atoms with Crippen molar-refractivity contribution in [2.75, 3.05) is 6.54 Å². The summed E-state index contributed by atoms with van der Waals surface area (Å²) in [4.78, 5) is 18.6. The normalized spacial score (nSPS) is 10.5. The predicted octanol–water partition coefficient (Wildman–Crippen LogP) is 2.66. The number of carbonyl (C=O) groups excluding carboxylic acids is 1. The minimum atomic E-state index is 0.123. The van der Waals surface area contributed by atoms with Gasteiger partial charge in [0.25, 0.3) is 0 Å². The van der Waals surface area contributed by atoms with Gasteiger partial charge in [0, 0.05) is 19.2 Å². The maximum Gasteiger partial charge on any atom is 0.223 e. The number of aryl methyl sites for hydroxylation is 1. The van der Waals surface area contributed by atoms with E-state index in [2.05, 4.69) is 30.1 Å². The van der Waals surface area contributed by atoms with Crippen molar-refractivity contribution in [2.24, 2.45) is 5.73 Å². The van der Waals surface area contributed by atoms with E-state index in [-0.39, 0.29) is 5.91 Å². The molecule has 4 nitrogen and oxygen atoms in total. The molecule has 1 heterocycles. The molecule has 2 rings (SSSR count). The molecule has 0 spiro atoms. The number of aromatic nitrogens is 1. The highest BCUT2D eigenvalue weighted by Crippen LogP contribution is 2.12. The summed E-state index contributed by atoms with van der Waals surface area (Å²) in [6, 6.07) is 14.0. The van der Waals surface area contributed by atoms with Crippen LogP contribution in [0.5, 0.6) is 0 Å². The van der Waals surface area contributed by atoms with E-state index in [1.807, 2.05) is 29.2 Å². The van der Waals surface area contributed by atoms with E-state index < -0.39 is 0 Å². The number of nitrogens with two attached hydrogens (primary N) is 1. The summed E-state index contributed by atoms with van der Waals surface area (Å²) >= 11 is 0. The van der Waals surface area contributed by atoms with E-state index >= 15 is 0 Å². The molecule has 0 radical (unpaired) electrons. The summed E-state index contributed by atoms with van der Waals surface area (Å²) in [5, 5.41) is 0. The summed E-state index contributed by atoms with van der Waals surface area (Å²) < 4.78 is 0. The average Bonchev–Trinajstić information content (AvgIpc) is 2.53. The van der Waals surface area contributed by atoms with Crippen LogP contribution in [0, 0.1) is 6.92 Å². The third-order valence-corrected chi connectivity index (χ3v) is 3.48. The number of benzene rings is 1. The summed E-state index contributed by atoms with van der Waals surface area (Å²) in [6.07, 6.45) is 2.95. The molecule has 116 valence electrons. The Labute approximate surface area is 132 Å². The lowest BCUT2D eigenvalue weighted by atomic mass is 10.1. The van der Waals surface area contributed by atoms with E-state index in [0.717, 1.165) is 11.3 Å². The van der Waals surface area contributed by atoms with Gasteiger partial charge in [-0.25, -0.2) is 0 Å². The first kappa shape index (κ1) is 16.2. The molecule has 0 aliphatic rings. The smallest absolute Gasteiger partial charge is 0.223 e. The number of pyridine rings is 1. The Kier molecular flexibility index (Phi) is 6.10. The quantitative estimate of drug-likeness (QED) is 0.854. The van der Waals surface area contributed by atoms with Crippen LogP contribution in [-0.2, 0) is 17.9 Å². The fourth-order valence-electron chi connectivity index (χ4n) is 2.36. The molecule has 1 aromatic carbocycles. The standard InChI is InChI=1S/C18H23N3O/c1-15-6-4-7-16(12-15)13-21(18(22)9-5-10-19)14-17-8-2-3-11-20-17/h2-4,6-8,11-12H,5,9-10,13-14,19H2,1H3. The summed E-state index contributed by atoms with van der Waals surface area (Å²) in [5.74, 6) is 0.123. The van der Waals surface area contributed by atoms with E-state index in [1.54, 1.807) is 6.20 Å². The number of hydrogen-bond donors (Lipinski definition) is 1. The second-order valence-electron chi connectivity index (χ2n) is 5.45. The summed E-state index contributed by atoms with van der Waals surface area (Å²) in [5.41, 5.74) is 8.75. The monoisotopic (exact) mass is 297 g/mol. The van der Waals surface area contributed by atoms with Crippen molar-refractivity contribution in [2.45, 2.75) is 32.9 Å². The molecule has 0 aliphatic carbocycles. The Morgan fingerprint density at radius 1 is 1.18 bits per heavy atom. The highest BCUT2D eigenvalue weighted by molar-refractivity contribution is 5.76. The Morgan fingerprint density at radius 3 is 2.73 bits per heavy atom. The Hall–Kier alpha value is -2.20. The van der Waals surface area contributed by atoms with Gasteiger partial charge in [-0.1, -0.05) is 35.9 Å². The maximum atomic E-state index is 12.4. The van der Waals surface area contributed by atoms with Crippen LogP contribution in [0.1, 0.15) is 29.7 Å². The fraction of sp³-hybridized carbons (Fsp3) is 0.333. The van der Waals surface area contributed by atoms with Gasteiger partial charge in [0.15, 0.2) is 0 Å². The molecular weight excluding hydrogens is 274 g/mol. The van der Waals surface area contributed by atoms with Gasteiger partial charge in [0.2, 0.25) is 5.91 Å². The predicted molar refractivity (Wildman–Crippen MR) is 88.0 cm³/mol. The zero-order valence-corrected chi connectivity index (χ0v) is 13.0. The molecule has 0 saturated carbocycles. The maximum absolute atomic E-state index is 12.4. The number of amides is 1. The molecule has 0 aliphatic heterocycles. The van der Waals surface area contributed by atoms with Gasteiger partial charge in [-0.2, -0.15) is 0 Å². The van der Waals surface area contributed by atoms with Crippen molar-refractivity contribution in [3.05, 3.63) is 65.5 Å². The zero-order valence-electron chi connectivity index (χ0n) is 13.0. The number of rotatable bonds is 7. The number of carbonyl (C=O) groups is 1. The van der Waals surface area contributed by atoms with E-state index in [9.17, 15) is 4.79 Å². The van der Waals surface area contributed by atoms with Crippen LogP contribution in [0.4, 0.5) is 0 Å². The SMILES string of the molecule is Cc1cccc(CN(Cc2ccccn2)C(=O)CCCN)c1. The van der Waals surface area contributed by atoms with Crippen molar-refractivity contribution in [3.63, 3.8) is 0 Å². The van der Waals surface area contributed by atoms with Crippen LogP contribution in [0.3, 0.4) is 0 Å². The lowest BCUT2D eigenvalue weighted by Gasteiger charge is -2.23. The van der Waals surface area contributed by atoms with Crippen LogP contribution < -0.4 is 5.73 Å². The highest BCUT2D eigenvalue weighted by atomic mass is 16.2. The number of hydrogen-bond acceptors (Lipinski definition) is 3. The molecule has 0 atom stereocenters. The van der Waals surface area contributed by atoms with Gasteiger partial charge < -0.3 is 10.6 Å². The van der Waals surface area contributed by atoms with Gasteiger partial charge in [0.05, 0.1) is 12.2 Å². The largest absolute Gasteiger partial charge is 0.332 e. The molecule has 4 heteroatoms. The summed E-state index contributed by atoms with van der Waals surface area (Å²) in [7, 11) is 0. The molecule has 2 N–H and O–H groups in total. The van der Waals surface area contributed by atoms with Crippen molar-refractivity contribution < 1.29 is 4.79 Å². The van der Waals surface area contributed by atoms with E-state index in [0.29, 0.717) is 32.5 Å². The topological polar surface area (TPSA) is 59.2 Å². The Morgan fingerprint density at radius 2 is 2.05 bits per heavy atom. The Balaban J connectivity index is 2.12. The van der Waals surface area contributed by atoms with Crippen molar-refractivity contribution in [3.8, 4) is 0 Å². The molecular formula is C18H23N3O. The highest BCUT2D eigenvalue weighted by Gasteiger charge is 2.14. The van der Waals surface area contributed by atoms with Gasteiger partial charge in [-0.15, -0.1) is 0 Å². The van der Waals surface area contributed by atoms with Gasteiger partial charge in [-0.05, 0) is 37.6 Å². The van der Waals surface area contributed by atoms with Crippen molar-refractivity contribution in [1.82, 2.24) is 9.88 Å². The van der Waals surface area contributed by atoms with Crippen LogP contribution in [-0.4, -0.2) is 22.3 Å². The van der Waals surface area contributed by atoms with Gasteiger partial charge in [0.1, 0.15) is 0 Å². The lowest BCUT2D eigenvalue weighted by Crippen LogP contribution is -2.30. The first-order valence-corrected chi connectivity index (χ1v) is 7.62. The lowest BCUT2D eigenvalue weighted by molar-refractivity contribution is -0.132. The molecule has 22 heavy (non-hydrogen) atoms. The zero-order chi connectivity index (χ0) is 15.8. The van der Waals surface area contributed by atoms with Crippen LogP contribution in [0.25, 0.3) is 0 Å². The van der Waals surface area contributed by atoms with E-state index in [4.69, 9.17) is 5.73 Å². The Bertz CT molecular complexity index is 598. The van der Waals surface area contributed by atoms with Crippen LogP contribution in [0.2, 0.25) is 0 Å². The first-order valence-electron chi connectivity index (χ1n) is 7.62. The second kappa shape index (κ2) is 8.29. The fourth-order valence-corrected chi connectivity index (χ4v) is 2.36. The van der Waals surface area contributed by atoms with Crippen molar-refractivity contribution in [1.29, 1.82) is 0 Å². The molecule has 0 bridgehead atoms. The van der Waals surface area contributed by atoms with Crippen molar-refractivity contribution >= 4 is 5.91 Å². The van der Waals surface area contributed by atoms with Crippen LogP contribution >= 0.6 is 0 Å². The molecule has 1 aromatic heterocycles. The molecule has 0 unspecified atom stereocenters. The van der Waals surface area contributed by atoms with Gasteiger partial charge >= 0.3 is 0 Å². The molecule has 2 aromatic rings. The second-order valence-corrected chi connectivity index (χ2v) is 5.45. The van der Waals surface area contributed by atoms with E-state index in [1.165, 1.54) is 5.56 Å². The molecule has 0 saturated heterocycles. The third-order valence-electron chi connectivity index (χ3n) is 3.48. The summed E-state index contributed by atoms with van der Waals surface area (Å²) in [6.45, 7) is 3.72. The molecule has 1 amide bonds. The van der Waals surface area contributed by atoms with Crippen LogP contribution in [0.15, 0.2) is 48.7 Å².